The normalized spacial score (nSPS) is 15.8. The van der Waals surface area contributed by atoms with Crippen molar-refractivity contribution in [2.75, 3.05) is 20.1 Å². The summed E-state index contributed by atoms with van der Waals surface area (Å²) < 4.78 is 4.64. The summed E-state index contributed by atoms with van der Waals surface area (Å²) in [5.41, 5.74) is 1.91. The van der Waals surface area contributed by atoms with Gasteiger partial charge in [-0.3, -0.25) is 4.79 Å². The molecule has 0 bridgehead atoms. The van der Waals surface area contributed by atoms with Crippen molar-refractivity contribution in [3.8, 4) is 0 Å². The van der Waals surface area contributed by atoms with Gasteiger partial charge in [-0.1, -0.05) is 0 Å². The lowest BCUT2D eigenvalue weighted by atomic mass is 10.0. The standard InChI is InChI=1S/C13H16N4O2.ClH/c1-17(10-4-6-14-7-5-10)13(18)9-2-3-11-12(8-9)16-19-15-11;/h2-3,8,10,14H,4-7H2,1H3;1H. The van der Waals surface area contributed by atoms with Crippen LogP contribution in [0.2, 0.25) is 0 Å². The van der Waals surface area contributed by atoms with Gasteiger partial charge >= 0.3 is 0 Å². The molecule has 0 unspecified atom stereocenters. The second-order valence-corrected chi connectivity index (χ2v) is 4.86. The van der Waals surface area contributed by atoms with E-state index in [1.165, 1.54) is 0 Å². The summed E-state index contributed by atoms with van der Waals surface area (Å²) in [5.74, 6) is 0.0248. The highest BCUT2D eigenvalue weighted by Crippen LogP contribution is 2.16. The number of piperidine rings is 1. The zero-order valence-electron chi connectivity index (χ0n) is 11.2. The smallest absolute Gasteiger partial charge is 0.253 e. The third-order valence-electron chi connectivity index (χ3n) is 3.68. The lowest BCUT2D eigenvalue weighted by Crippen LogP contribution is -2.43. The van der Waals surface area contributed by atoms with Crippen LogP contribution in [-0.2, 0) is 0 Å². The number of carbonyl (C=O) groups is 1. The molecule has 1 N–H and O–H groups in total. The van der Waals surface area contributed by atoms with Crippen LogP contribution in [0.25, 0.3) is 11.0 Å². The number of hydrogen-bond donors (Lipinski definition) is 1. The summed E-state index contributed by atoms with van der Waals surface area (Å²) in [7, 11) is 1.86. The van der Waals surface area contributed by atoms with Gasteiger partial charge in [-0.2, -0.15) is 0 Å². The van der Waals surface area contributed by atoms with E-state index in [0.717, 1.165) is 25.9 Å². The summed E-state index contributed by atoms with van der Waals surface area (Å²) in [6, 6.07) is 5.56. The first-order chi connectivity index (χ1) is 9.25. The molecule has 7 heteroatoms. The second-order valence-electron chi connectivity index (χ2n) is 4.86. The maximum atomic E-state index is 12.4. The second kappa shape index (κ2) is 6.19. The summed E-state index contributed by atoms with van der Waals surface area (Å²) in [6.07, 6.45) is 1.99. The predicted molar refractivity (Wildman–Crippen MR) is 77.0 cm³/mol. The molecule has 1 aliphatic heterocycles. The fraction of sp³-hybridized carbons (Fsp3) is 0.462. The van der Waals surface area contributed by atoms with Crippen molar-refractivity contribution < 1.29 is 9.42 Å². The SMILES string of the molecule is CN(C(=O)c1ccc2nonc2c1)C1CCNCC1.Cl. The van der Waals surface area contributed by atoms with Gasteiger partial charge in [0, 0.05) is 18.7 Å². The van der Waals surface area contributed by atoms with Gasteiger partial charge < -0.3 is 10.2 Å². The minimum atomic E-state index is 0. The molecule has 1 aromatic heterocycles. The first-order valence-corrected chi connectivity index (χ1v) is 6.46. The van der Waals surface area contributed by atoms with E-state index in [9.17, 15) is 4.79 Å². The number of benzene rings is 1. The van der Waals surface area contributed by atoms with Crippen LogP contribution in [-0.4, -0.2) is 47.3 Å². The van der Waals surface area contributed by atoms with Crippen LogP contribution in [0, 0.1) is 0 Å². The average Bonchev–Trinajstić information content (AvgIpc) is 2.94. The van der Waals surface area contributed by atoms with Crippen molar-refractivity contribution in [1.29, 1.82) is 0 Å². The Morgan fingerprint density at radius 1 is 1.30 bits per heavy atom. The molecule has 1 fully saturated rings. The first kappa shape index (κ1) is 14.7. The third kappa shape index (κ3) is 2.76. The maximum absolute atomic E-state index is 12.4. The Labute approximate surface area is 122 Å². The van der Waals surface area contributed by atoms with E-state index >= 15 is 0 Å². The summed E-state index contributed by atoms with van der Waals surface area (Å²) in [5, 5.41) is 10.8. The topological polar surface area (TPSA) is 71.3 Å². The van der Waals surface area contributed by atoms with Crippen molar-refractivity contribution in [2.24, 2.45) is 0 Å². The fourth-order valence-electron chi connectivity index (χ4n) is 2.48. The molecule has 0 saturated carbocycles. The van der Waals surface area contributed by atoms with Crippen molar-refractivity contribution in [2.45, 2.75) is 18.9 Å². The van der Waals surface area contributed by atoms with Gasteiger partial charge in [-0.25, -0.2) is 4.63 Å². The van der Waals surface area contributed by atoms with Gasteiger partial charge in [0.1, 0.15) is 11.0 Å². The van der Waals surface area contributed by atoms with Crippen molar-refractivity contribution >= 4 is 29.3 Å². The lowest BCUT2D eigenvalue weighted by molar-refractivity contribution is 0.0703. The van der Waals surface area contributed by atoms with Crippen LogP contribution in [0.3, 0.4) is 0 Å². The molecule has 0 aliphatic carbocycles. The number of rotatable bonds is 2. The Morgan fingerprint density at radius 2 is 2.00 bits per heavy atom. The monoisotopic (exact) mass is 296 g/mol. The highest BCUT2D eigenvalue weighted by Gasteiger charge is 2.23. The Kier molecular flexibility index (Phi) is 4.57. The molecule has 0 spiro atoms. The Hall–Kier alpha value is -1.66. The predicted octanol–water partition coefficient (Wildman–Crippen LogP) is 1.47. The molecule has 2 heterocycles. The lowest BCUT2D eigenvalue weighted by Gasteiger charge is -2.31. The number of hydrogen-bond acceptors (Lipinski definition) is 5. The fourth-order valence-corrected chi connectivity index (χ4v) is 2.48. The summed E-state index contributed by atoms with van der Waals surface area (Å²) >= 11 is 0. The summed E-state index contributed by atoms with van der Waals surface area (Å²) in [6.45, 7) is 1.93. The highest BCUT2D eigenvalue weighted by molar-refractivity contribution is 5.97. The van der Waals surface area contributed by atoms with E-state index in [4.69, 9.17) is 0 Å². The molecule has 2 aromatic rings. The van der Waals surface area contributed by atoms with Gasteiger partial charge in [0.25, 0.3) is 5.91 Å². The van der Waals surface area contributed by atoms with E-state index in [2.05, 4.69) is 20.3 Å². The van der Waals surface area contributed by atoms with Crippen molar-refractivity contribution in [3.63, 3.8) is 0 Å². The van der Waals surface area contributed by atoms with Crippen LogP contribution in [0.4, 0.5) is 0 Å². The molecule has 0 atom stereocenters. The number of carbonyl (C=O) groups excluding carboxylic acids is 1. The number of fused-ring (bicyclic) bond motifs is 1. The van der Waals surface area contributed by atoms with Gasteiger partial charge in [-0.15, -0.1) is 12.4 Å². The third-order valence-corrected chi connectivity index (χ3v) is 3.68. The van der Waals surface area contributed by atoms with E-state index < -0.39 is 0 Å². The Bertz CT molecular complexity index is 595. The van der Waals surface area contributed by atoms with Crippen molar-refractivity contribution in [3.05, 3.63) is 23.8 Å². The minimum Gasteiger partial charge on any atom is -0.339 e. The molecule has 1 aromatic carbocycles. The van der Waals surface area contributed by atoms with Crippen LogP contribution in [0.5, 0.6) is 0 Å². The van der Waals surface area contributed by atoms with Gasteiger partial charge in [0.2, 0.25) is 0 Å². The van der Waals surface area contributed by atoms with Gasteiger partial charge in [0.15, 0.2) is 0 Å². The molecule has 20 heavy (non-hydrogen) atoms. The molecule has 3 rings (SSSR count). The van der Waals surface area contributed by atoms with E-state index in [-0.39, 0.29) is 18.3 Å². The number of nitrogens with one attached hydrogen (secondary N) is 1. The molecule has 6 nitrogen and oxygen atoms in total. The Morgan fingerprint density at radius 3 is 2.75 bits per heavy atom. The van der Waals surface area contributed by atoms with Crippen LogP contribution >= 0.6 is 12.4 Å². The first-order valence-electron chi connectivity index (χ1n) is 6.46. The molecular weight excluding hydrogens is 280 g/mol. The van der Waals surface area contributed by atoms with E-state index in [1.54, 1.807) is 18.2 Å². The van der Waals surface area contributed by atoms with Crippen LogP contribution in [0.15, 0.2) is 22.8 Å². The average molecular weight is 297 g/mol. The molecule has 108 valence electrons. The summed E-state index contributed by atoms with van der Waals surface area (Å²) in [4.78, 5) is 14.3. The molecule has 1 saturated heterocycles. The largest absolute Gasteiger partial charge is 0.339 e. The molecule has 1 aliphatic rings. The molecular formula is C13H17ClN4O2. The maximum Gasteiger partial charge on any atom is 0.253 e. The van der Waals surface area contributed by atoms with Crippen LogP contribution in [0.1, 0.15) is 23.2 Å². The number of nitrogens with zero attached hydrogens (tertiary/aromatic N) is 3. The van der Waals surface area contributed by atoms with Gasteiger partial charge in [-0.05, 0) is 54.4 Å². The highest BCUT2D eigenvalue weighted by atomic mass is 35.5. The van der Waals surface area contributed by atoms with E-state index in [1.807, 2.05) is 11.9 Å². The number of amides is 1. The molecule has 0 radical (unpaired) electrons. The minimum absolute atomic E-state index is 0. The zero-order chi connectivity index (χ0) is 13.2. The number of halogens is 1. The quantitative estimate of drug-likeness (QED) is 0.908. The van der Waals surface area contributed by atoms with Crippen LogP contribution < -0.4 is 5.32 Å². The van der Waals surface area contributed by atoms with Gasteiger partial charge in [0.05, 0.1) is 0 Å². The Balaban J connectivity index is 0.00000147. The zero-order valence-corrected chi connectivity index (χ0v) is 12.0. The number of aromatic nitrogens is 2. The van der Waals surface area contributed by atoms with Crippen molar-refractivity contribution in [1.82, 2.24) is 20.5 Å². The van der Waals surface area contributed by atoms with E-state index in [0.29, 0.717) is 22.6 Å². The molecule has 1 amide bonds.